The quantitative estimate of drug-likeness (QED) is 0.124. The molecule has 12 heteroatoms. The van der Waals surface area contributed by atoms with E-state index in [2.05, 4.69) is 37.4 Å². The average Bonchev–Trinajstić information content (AvgIpc) is 3.25. The van der Waals surface area contributed by atoms with Gasteiger partial charge in [0.25, 0.3) is 15.9 Å². The highest BCUT2D eigenvalue weighted by molar-refractivity contribution is 7.93. The van der Waals surface area contributed by atoms with Crippen molar-refractivity contribution in [3.63, 3.8) is 0 Å². The van der Waals surface area contributed by atoms with Crippen molar-refractivity contribution in [3.05, 3.63) is 48.0 Å². The normalized spacial score (nSPS) is 20.0. The number of sulfonamides is 1. The van der Waals surface area contributed by atoms with Crippen LogP contribution < -0.4 is 10.0 Å². The SMILES string of the molecule is C=CCOC(=O)O[C@H](C)[C@H]1C(=O)[N][C@@H]1[C@@H](C)C(=O)Cc1cc(CCO[Si](CC)(CC)CC)c2cccc3c2c1S(=O)(=O)N3. The third-order valence-corrected chi connectivity index (χ3v) is 15.1. The summed E-state index contributed by atoms with van der Waals surface area (Å²) in [6.07, 6.45) is 0.0224. The highest BCUT2D eigenvalue weighted by Crippen LogP contribution is 2.42. The summed E-state index contributed by atoms with van der Waals surface area (Å²) in [6.45, 7) is 13.7. The fraction of sp³-hybridized carbons (Fsp3) is 0.516. The van der Waals surface area contributed by atoms with Crippen LogP contribution in [0.15, 0.2) is 41.8 Å². The minimum absolute atomic E-state index is 0.0346. The molecule has 2 aromatic rings. The van der Waals surface area contributed by atoms with Crippen molar-refractivity contribution in [2.45, 2.75) is 82.6 Å². The van der Waals surface area contributed by atoms with Gasteiger partial charge < -0.3 is 13.9 Å². The lowest BCUT2D eigenvalue weighted by Crippen LogP contribution is -2.61. The number of Topliss-reactive ketones (excluding diaryl/α,β-unsaturated/α-hetero) is 1. The Hall–Kier alpha value is -3.22. The first-order valence-electron chi connectivity index (χ1n) is 14.9. The number of nitrogens with zero attached hydrogens (tertiary/aromatic N) is 1. The molecular weight excluding hydrogens is 589 g/mol. The Kier molecular flexibility index (Phi) is 10.0. The van der Waals surface area contributed by atoms with E-state index in [-0.39, 0.29) is 23.7 Å². The fourth-order valence-corrected chi connectivity index (χ4v) is 10.3. The summed E-state index contributed by atoms with van der Waals surface area (Å²) in [7, 11) is -5.70. The number of hydrogen-bond acceptors (Lipinski definition) is 8. The third kappa shape index (κ3) is 6.51. The van der Waals surface area contributed by atoms with Crippen LogP contribution in [0.3, 0.4) is 0 Å². The smallest absolute Gasteiger partial charge is 0.430 e. The number of β-lactam (4-membered cyclic amide) rings is 1. The molecule has 2 aliphatic rings. The monoisotopic (exact) mass is 629 g/mol. The number of hydrogen-bond donors (Lipinski definition) is 1. The molecule has 10 nitrogen and oxygen atoms in total. The highest BCUT2D eigenvalue weighted by atomic mass is 32.2. The minimum Gasteiger partial charge on any atom is -0.430 e. The van der Waals surface area contributed by atoms with Gasteiger partial charge in [0.05, 0.1) is 17.6 Å². The zero-order chi connectivity index (χ0) is 31.5. The van der Waals surface area contributed by atoms with E-state index in [4.69, 9.17) is 13.9 Å². The van der Waals surface area contributed by atoms with Gasteiger partial charge in [-0.25, -0.2) is 18.5 Å². The number of rotatable bonds is 15. The van der Waals surface area contributed by atoms with Crippen molar-refractivity contribution in [3.8, 4) is 0 Å². The Morgan fingerprint density at radius 1 is 1.14 bits per heavy atom. The summed E-state index contributed by atoms with van der Waals surface area (Å²) in [4.78, 5) is 38.0. The first kappa shape index (κ1) is 32.7. The molecule has 2 aromatic carbocycles. The fourth-order valence-electron chi connectivity index (χ4n) is 6.14. The van der Waals surface area contributed by atoms with Gasteiger partial charge >= 0.3 is 6.16 Å². The highest BCUT2D eigenvalue weighted by Gasteiger charge is 2.51. The van der Waals surface area contributed by atoms with E-state index in [1.54, 1.807) is 19.9 Å². The van der Waals surface area contributed by atoms with Gasteiger partial charge in [0.15, 0.2) is 8.32 Å². The lowest BCUT2D eigenvalue weighted by Gasteiger charge is -2.40. The van der Waals surface area contributed by atoms with Crippen LogP contribution in [-0.2, 0) is 46.4 Å². The number of anilines is 1. The van der Waals surface area contributed by atoms with E-state index in [0.717, 1.165) is 29.1 Å². The van der Waals surface area contributed by atoms with Crippen molar-refractivity contribution >= 4 is 52.6 Å². The summed E-state index contributed by atoms with van der Waals surface area (Å²) >= 11 is 0. The Morgan fingerprint density at radius 3 is 2.47 bits per heavy atom. The van der Waals surface area contributed by atoms with Crippen LogP contribution in [0.5, 0.6) is 0 Å². The molecule has 0 saturated carbocycles. The molecule has 2 aliphatic heterocycles. The first-order valence-corrected chi connectivity index (χ1v) is 18.9. The van der Waals surface area contributed by atoms with E-state index in [0.29, 0.717) is 29.7 Å². The molecule has 4 atom stereocenters. The number of nitrogens with one attached hydrogen (secondary N) is 1. The van der Waals surface area contributed by atoms with Crippen LogP contribution in [-0.4, -0.2) is 59.9 Å². The van der Waals surface area contributed by atoms with Crippen molar-refractivity contribution in [1.82, 2.24) is 5.32 Å². The topological polar surface area (TPSA) is 139 Å². The van der Waals surface area contributed by atoms with E-state index in [1.807, 2.05) is 18.2 Å². The van der Waals surface area contributed by atoms with Crippen LogP contribution in [0.25, 0.3) is 10.8 Å². The van der Waals surface area contributed by atoms with Gasteiger partial charge in [-0.15, -0.1) is 0 Å². The molecule has 1 N–H and O–H groups in total. The summed E-state index contributed by atoms with van der Waals surface area (Å²) < 4.78 is 45.7. The summed E-state index contributed by atoms with van der Waals surface area (Å²) in [6, 6.07) is 9.64. The number of carbonyl (C=O) groups excluding carboxylic acids is 3. The Labute approximate surface area is 254 Å². The lowest BCUT2D eigenvalue weighted by atomic mass is 9.76. The second-order valence-corrected chi connectivity index (χ2v) is 17.7. The van der Waals surface area contributed by atoms with Gasteiger partial charge in [0.2, 0.25) is 0 Å². The van der Waals surface area contributed by atoms with Crippen molar-refractivity contribution in [1.29, 1.82) is 0 Å². The molecule has 0 aromatic heterocycles. The molecule has 0 bridgehead atoms. The second-order valence-electron chi connectivity index (χ2n) is 11.3. The largest absolute Gasteiger partial charge is 0.508 e. The second kappa shape index (κ2) is 13.2. The summed E-state index contributed by atoms with van der Waals surface area (Å²) in [5.74, 6) is -2.24. The molecule has 4 rings (SSSR count). The Balaban J connectivity index is 1.59. The van der Waals surface area contributed by atoms with E-state index in [9.17, 15) is 22.8 Å². The predicted molar refractivity (Wildman–Crippen MR) is 166 cm³/mol. The molecule has 0 aliphatic carbocycles. The molecular formula is C31H41N2O8SSi. The molecule has 43 heavy (non-hydrogen) atoms. The molecule has 1 saturated heterocycles. The number of carbonyl (C=O) groups is 3. The standard InChI is InChI=1S/C31H41N2O8SSi/c1-7-15-39-31(36)41-20(6)26-28(32-30(26)35)19(5)25(34)18-22-17-21(14-16-40-43(8-2,9-3)10-4)23-12-11-13-24-27(23)29(22)42(37,38)33-24/h7,11-13,17,19-20,26,28,33H,1,8-10,14-16,18H2,2-6H3/t19-,20+,26+,28+/m0/s1. The van der Waals surface area contributed by atoms with Gasteiger partial charge in [-0.2, -0.15) is 0 Å². The maximum absolute atomic E-state index is 13.6. The minimum atomic E-state index is -3.88. The van der Waals surface area contributed by atoms with Gasteiger partial charge in [-0.3, -0.25) is 14.3 Å². The maximum atomic E-state index is 13.6. The predicted octanol–water partition coefficient (Wildman–Crippen LogP) is 5.12. The van der Waals surface area contributed by atoms with E-state index in [1.165, 1.54) is 6.08 Å². The zero-order valence-corrected chi connectivity index (χ0v) is 27.3. The van der Waals surface area contributed by atoms with Gasteiger partial charge in [-0.05, 0) is 54.1 Å². The van der Waals surface area contributed by atoms with Gasteiger partial charge in [0.1, 0.15) is 23.4 Å². The lowest BCUT2D eigenvalue weighted by molar-refractivity contribution is -0.146. The molecule has 1 amide bonds. The number of benzene rings is 2. The van der Waals surface area contributed by atoms with Crippen molar-refractivity contribution in [2.24, 2.45) is 11.8 Å². The molecule has 1 radical (unpaired) electrons. The summed E-state index contributed by atoms with van der Waals surface area (Å²) in [5, 5.41) is 5.45. The van der Waals surface area contributed by atoms with Crippen LogP contribution in [0, 0.1) is 11.8 Å². The maximum Gasteiger partial charge on any atom is 0.508 e. The van der Waals surface area contributed by atoms with Crippen molar-refractivity contribution < 1.29 is 36.7 Å². The first-order chi connectivity index (χ1) is 20.4. The van der Waals surface area contributed by atoms with Crippen LogP contribution >= 0.6 is 0 Å². The number of amides is 1. The summed E-state index contributed by atoms with van der Waals surface area (Å²) in [5.41, 5.74) is 1.81. The van der Waals surface area contributed by atoms with Crippen LogP contribution in [0.4, 0.5) is 10.5 Å². The average molecular weight is 630 g/mol. The Morgan fingerprint density at radius 2 is 1.84 bits per heavy atom. The van der Waals surface area contributed by atoms with E-state index < -0.39 is 54.4 Å². The molecule has 0 spiro atoms. The zero-order valence-electron chi connectivity index (χ0n) is 25.5. The number of ketones is 1. The molecule has 2 heterocycles. The third-order valence-electron chi connectivity index (χ3n) is 8.92. The van der Waals surface area contributed by atoms with Gasteiger partial charge in [0, 0.05) is 24.3 Å². The van der Waals surface area contributed by atoms with Crippen LogP contribution in [0.1, 0.15) is 45.7 Å². The number of ether oxygens (including phenoxy) is 2. The molecule has 1 fully saturated rings. The molecule has 0 unspecified atom stereocenters. The Bertz CT molecular complexity index is 1510. The van der Waals surface area contributed by atoms with E-state index >= 15 is 0 Å². The van der Waals surface area contributed by atoms with Crippen LogP contribution in [0.2, 0.25) is 18.1 Å². The molecule has 233 valence electrons. The van der Waals surface area contributed by atoms with Gasteiger partial charge in [-0.1, -0.05) is 58.5 Å². The van der Waals surface area contributed by atoms with Crippen molar-refractivity contribution in [2.75, 3.05) is 17.9 Å².